The van der Waals surface area contributed by atoms with Crippen molar-refractivity contribution in [2.24, 2.45) is 5.92 Å². The van der Waals surface area contributed by atoms with Crippen molar-refractivity contribution in [3.05, 3.63) is 6.92 Å². The summed E-state index contributed by atoms with van der Waals surface area (Å²) >= 11 is 0. The largest absolute Gasteiger partial charge is 0.299 e. The Morgan fingerprint density at radius 1 is 1.40 bits per heavy atom. The van der Waals surface area contributed by atoms with E-state index in [4.69, 9.17) is 0 Å². The fourth-order valence-corrected chi connectivity index (χ4v) is 1.54. The van der Waals surface area contributed by atoms with Crippen molar-refractivity contribution in [3.63, 3.8) is 0 Å². The first kappa shape index (κ1) is 7.77. The van der Waals surface area contributed by atoms with Crippen LogP contribution >= 0.6 is 0 Å². The molecule has 0 N–H and O–H groups in total. The van der Waals surface area contributed by atoms with Gasteiger partial charge in [0.1, 0.15) is 5.78 Å². The summed E-state index contributed by atoms with van der Waals surface area (Å²) in [5.74, 6) is 0.745. The van der Waals surface area contributed by atoms with E-state index in [0.29, 0.717) is 11.7 Å². The zero-order valence-corrected chi connectivity index (χ0v) is 6.44. The lowest BCUT2D eigenvalue weighted by Gasteiger charge is -2.07. The molecule has 1 heteroatoms. The van der Waals surface area contributed by atoms with Gasteiger partial charge in [0.15, 0.2) is 0 Å². The van der Waals surface area contributed by atoms with Gasteiger partial charge in [-0.2, -0.15) is 0 Å². The third-order valence-electron chi connectivity index (χ3n) is 2.28. The topological polar surface area (TPSA) is 17.1 Å². The molecule has 1 unspecified atom stereocenters. The Labute approximate surface area is 62.8 Å². The SMILES string of the molecule is [CH2]CC1CCCCCC1=O. The lowest BCUT2D eigenvalue weighted by Crippen LogP contribution is -2.10. The van der Waals surface area contributed by atoms with Crippen LogP contribution in [0.15, 0.2) is 0 Å². The van der Waals surface area contributed by atoms with Gasteiger partial charge in [0.2, 0.25) is 0 Å². The van der Waals surface area contributed by atoms with Crippen LogP contribution in [0.3, 0.4) is 0 Å². The third-order valence-corrected chi connectivity index (χ3v) is 2.28. The number of rotatable bonds is 1. The molecule has 1 aliphatic rings. The molecule has 0 heterocycles. The fraction of sp³-hybridized carbons (Fsp3) is 0.778. The summed E-state index contributed by atoms with van der Waals surface area (Å²) < 4.78 is 0. The van der Waals surface area contributed by atoms with Crippen LogP contribution in [0.5, 0.6) is 0 Å². The highest BCUT2D eigenvalue weighted by atomic mass is 16.1. The Kier molecular flexibility index (Phi) is 2.91. The lowest BCUT2D eigenvalue weighted by atomic mass is 9.96. The van der Waals surface area contributed by atoms with Gasteiger partial charge in [-0.15, -0.1) is 0 Å². The second kappa shape index (κ2) is 3.75. The molecule has 0 aromatic carbocycles. The number of hydrogen-bond donors (Lipinski definition) is 0. The fourth-order valence-electron chi connectivity index (χ4n) is 1.54. The van der Waals surface area contributed by atoms with Crippen molar-refractivity contribution in [1.82, 2.24) is 0 Å². The molecule has 0 spiro atoms. The Balaban J connectivity index is 2.43. The highest BCUT2D eigenvalue weighted by Crippen LogP contribution is 2.21. The molecule has 1 saturated carbocycles. The van der Waals surface area contributed by atoms with Gasteiger partial charge in [-0.3, -0.25) is 4.79 Å². The first-order chi connectivity index (χ1) is 4.84. The summed E-state index contributed by atoms with van der Waals surface area (Å²) in [5, 5.41) is 0. The smallest absolute Gasteiger partial charge is 0.135 e. The minimum atomic E-state index is 0.294. The Morgan fingerprint density at radius 2 is 2.20 bits per heavy atom. The van der Waals surface area contributed by atoms with E-state index in [1.165, 1.54) is 12.8 Å². The van der Waals surface area contributed by atoms with Crippen LogP contribution < -0.4 is 0 Å². The maximum Gasteiger partial charge on any atom is 0.135 e. The normalized spacial score (nSPS) is 28.1. The van der Waals surface area contributed by atoms with Gasteiger partial charge >= 0.3 is 0 Å². The summed E-state index contributed by atoms with van der Waals surface area (Å²) in [4.78, 5) is 11.2. The van der Waals surface area contributed by atoms with Crippen molar-refractivity contribution in [2.75, 3.05) is 0 Å². The van der Waals surface area contributed by atoms with Gasteiger partial charge < -0.3 is 0 Å². The summed E-state index contributed by atoms with van der Waals surface area (Å²) in [6, 6.07) is 0. The Morgan fingerprint density at radius 3 is 2.90 bits per heavy atom. The predicted octanol–water partition coefficient (Wildman–Crippen LogP) is 2.36. The molecule has 10 heavy (non-hydrogen) atoms. The summed E-state index contributed by atoms with van der Waals surface area (Å²) in [6.45, 7) is 3.78. The molecule has 0 amide bonds. The predicted molar refractivity (Wildman–Crippen MR) is 41.6 cm³/mol. The number of Topliss-reactive ketones (excluding diaryl/α,β-unsaturated/α-hetero) is 1. The average molecular weight is 139 g/mol. The molecule has 57 valence electrons. The quantitative estimate of drug-likeness (QED) is 0.510. The Hall–Kier alpha value is -0.330. The molecule has 1 nitrogen and oxygen atoms in total. The monoisotopic (exact) mass is 139 g/mol. The lowest BCUT2D eigenvalue weighted by molar-refractivity contribution is -0.122. The minimum Gasteiger partial charge on any atom is -0.299 e. The maximum atomic E-state index is 11.2. The second-order valence-corrected chi connectivity index (χ2v) is 3.05. The first-order valence-corrected chi connectivity index (χ1v) is 4.16. The van der Waals surface area contributed by atoms with Crippen LogP contribution in [-0.4, -0.2) is 5.78 Å². The molecule has 1 atom stereocenters. The molecule has 1 fully saturated rings. The van der Waals surface area contributed by atoms with Gasteiger partial charge in [0.05, 0.1) is 0 Å². The summed E-state index contributed by atoms with van der Waals surface area (Å²) in [5.41, 5.74) is 0. The van der Waals surface area contributed by atoms with E-state index in [2.05, 4.69) is 6.92 Å². The Bertz CT molecular complexity index is 118. The first-order valence-electron chi connectivity index (χ1n) is 4.16. The molecule has 0 saturated heterocycles. The zero-order chi connectivity index (χ0) is 7.40. The standard InChI is InChI=1S/C9H15O/c1-2-8-6-4-3-5-7-9(8)10/h8H,1-7H2. The van der Waals surface area contributed by atoms with Gasteiger partial charge in [-0.25, -0.2) is 0 Å². The molecular weight excluding hydrogens is 124 g/mol. The van der Waals surface area contributed by atoms with Crippen molar-refractivity contribution in [3.8, 4) is 0 Å². The van der Waals surface area contributed by atoms with Gasteiger partial charge in [-0.05, 0) is 19.3 Å². The molecule has 0 aromatic rings. The molecule has 1 aliphatic carbocycles. The van der Waals surface area contributed by atoms with Crippen LogP contribution in [0, 0.1) is 12.8 Å². The molecule has 0 bridgehead atoms. The van der Waals surface area contributed by atoms with E-state index in [1.54, 1.807) is 0 Å². The van der Waals surface area contributed by atoms with Gasteiger partial charge in [0.25, 0.3) is 0 Å². The van der Waals surface area contributed by atoms with Gasteiger partial charge in [-0.1, -0.05) is 19.8 Å². The zero-order valence-electron chi connectivity index (χ0n) is 6.44. The highest BCUT2D eigenvalue weighted by molar-refractivity contribution is 5.81. The van der Waals surface area contributed by atoms with Crippen molar-refractivity contribution in [1.29, 1.82) is 0 Å². The van der Waals surface area contributed by atoms with E-state index in [0.717, 1.165) is 25.7 Å². The van der Waals surface area contributed by atoms with Crippen LogP contribution in [0.2, 0.25) is 0 Å². The van der Waals surface area contributed by atoms with Crippen molar-refractivity contribution < 1.29 is 4.79 Å². The number of carbonyl (C=O) groups excluding carboxylic acids is 1. The second-order valence-electron chi connectivity index (χ2n) is 3.05. The summed E-state index contributed by atoms with van der Waals surface area (Å²) in [7, 11) is 0. The highest BCUT2D eigenvalue weighted by Gasteiger charge is 2.17. The number of hydrogen-bond acceptors (Lipinski definition) is 1. The molecule has 0 aromatic heterocycles. The third kappa shape index (κ3) is 1.83. The molecule has 1 rings (SSSR count). The maximum absolute atomic E-state index is 11.2. The number of ketones is 1. The van der Waals surface area contributed by atoms with Crippen molar-refractivity contribution >= 4 is 5.78 Å². The summed E-state index contributed by atoms with van der Waals surface area (Å²) in [6.07, 6.45) is 6.27. The van der Waals surface area contributed by atoms with E-state index in [1.807, 2.05) is 0 Å². The van der Waals surface area contributed by atoms with Gasteiger partial charge in [0, 0.05) is 12.3 Å². The van der Waals surface area contributed by atoms with E-state index >= 15 is 0 Å². The van der Waals surface area contributed by atoms with E-state index in [9.17, 15) is 4.79 Å². The average Bonchev–Trinajstić information content (AvgIpc) is 2.13. The minimum absolute atomic E-state index is 0.294. The molecule has 0 aliphatic heterocycles. The van der Waals surface area contributed by atoms with E-state index < -0.39 is 0 Å². The van der Waals surface area contributed by atoms with Crippen LogP contribution in [0.1, 0.15) is 38.5 Å². The van der Waals surface area contributed by atoms with Crippen LogP contribution in [-0.2, 0) is 4.79 Å². The number of carbonyl (C=O) groups is 1. The van der Waals surface area contributed by atoms with Crippen LogP contribution in [0.25, 0.3) is 0 Å². The molecular formula is C9H15O. The van der Waals surface area contributed by atoms with Crippen LogP contribution in [0.4, 0.5) is 0 Å². The van der Waals surface area contributed by atoms with Crippen molar-refractivity contribution in [2.45, 2.75) is 38.5 Å². The van der Waals surface area contributed by atoms with E-state index in [-0.39, 0.29) is 0 Å². The molecule has 1 radical (unpaired) electrons.